The SMILES string of the molecule is O=C(Cn1cc(C(=O)C(=O)N2CCCCC2)c2ccccc21)NC1CCCC1. The third kappa shape index (κ3) is 3.81. The van der Waals surface area contributed by atoms with E-state index < -0.39 is 11.7 Å². The number of Topliss-reactive ketones (excluding diaryl/α,β-unsaturated/α-hetero) is 1. The smallest absolute Gasteiger partial charge is 0.295 e. The van der Waals surface area contributed by atoms with E-state index in [9.17, 15) is 14.4 Å². The minimum atomic E-state index is -0.479. The van der Waals surface area contributed by atoms with Crippen LogP contribution in [0.2, 0.25) is 0 Å². The van der Waals surface area contributed by atoms with Crippen molar-refractivity contribution in [2.24, 2.45) is 0 Å². The maximum absolute atomic E-state index is 12.9. The number of amides is 2. The molecule has 2 fully saturated rings. The van der Waals surface area contributed by atoms with E-state index in [1.54, 1.807) is 15.7 Å². The molecule has 1 aliphatic carbocycles. The van der Waals surface area contributed by atoms with Crippen molar-refractivity contribution in [2.75, 3.05) is 13.1 Å². The molecule has 1 N–H and O–H groups in total. The molecule has 0 spiro atoms. The molecule has 0 bridgehead atoms. The average molecular weight is 381 g/mol. The molecular formula is C22H27N3O3. The lowest BCUT2D eigenvalue weighted by atomic mass is 10.1. The van der Waals surface area contributed by atoms with Crippen LogP contribution >= 0.6 is 0 Å². The predicted octanol–water partition coefficient (Wildman–Crippen LogP) is 2.90. The quantitative estimate of drug-likeness (QED) is 0.639. The minimum absolute atomic E-state index is 0.0472. The maximum Gasteiger partial charge on any atom is 0.295 e. The van der Waals surface area contributed by atoms with Crippen LogP contribution in [0.15, 0.2) is 30.5 Å². The lowest BCUT2D eigenvalue weighted by molar-refractivity contribution is -0.127. The summed E-state index contributed by atoms with van der Waals surface area (Å²) in [6, 6.07) is 7.73. The van der Waals surface area contributed by atoms with Crippen LogP contribution in [0.5, 0.6) is 0 Å². The third-order valence-corrected chi connectivity index (χ3v) is 5.90. The van der Waals surface area contributed by atoms with Crippen LogP contribution < -0.4 is 5.32 Å². The Morgan fingerprint density at radius 3 is 2.43 bits per heavy atom. The number of aromatic nitrogens is 1. The summed E-state index contributed by atoms with van der Waals surface area (Å²) in [5.41, 5.74) is 1.19. The molecule has 1 saturated heterocycles. The first-order valence-corrected chi connectivity index (χ1v) is 10.3. The number of nitrogens with zero attached hydrogens (tertiary/aromatic N) is 2. The summed E-state index contributed by atoms with van der Waals surface area (Å²) >= 11 is 0. The predicted molar refractivity (Wildman–Crippen MR) is 107 cm³/mol. The first kappa shape index (κ1) is 18.7. The van der Waals surface area contributed by atoms with E-state index in [4.69, 9.17) is 0 Å². The highest BCUT2D eigenvalue weighted by atomic mass is 16.2. The molecule has 1 saturated carbocycles. The highest BCUT2D eigenvalue weighted by molar-refractivity contribution is 6.44. The monoisotopic (exact) mass is 381 g/mol. The van der Waals surface area contributed by atoms with Gasteiger partial charge in [0, 0.05) is 36.2 Å². The largest absolute Gasteiger partial charge is 0.352 e. The van der Waals surface area contributed by atoms with Crippen LogP contribution in [0.3, 0.4) is 0 Å². The number of ketones is 1. The number of likely N-dealkylation sites (tertiary alicyclic amines) is 1. The Morgan fingerprint density at radius 2 is 1.68 bits per heavy atom. The summed E-state index contributed by atoms with van der Waals surface area (Å²) in [6.07, 6.45) is 9.06. The summed E-state index contributed by atoms with van der Waals surface area (Å²) in [5.74, 6) is -0.958. The van der Waals surface area contributed by atoms with Crippen LogP contribution in [-0.2, 0) is 16.1 Å². The molecule has 1 aromatic heterocycles. The zero-order valence-corrected chi connectivity index (χ0v) is 16.2. The lowest BCUT2D eigenvalue weighted by Crippen LogP contribution is -2.40. The Labute approximate surface area is 164 Å². The van der Waals surface area contributed by atoms with Crippen molar-refractivity contribution in [3.8, 4) is 0 Å². The van der Waals surface area contributed by atoms with E-state index in [2.05, 4.69) is 5.32 Å². The van der Waals surface area contributed by atoms with Crippen molar-refractivity contribution in [1.29, 1.82) is 0 Å². The summed E-state index contributed by atoms with van der Waals surface area (Å²) < 4.78 is 1.79. The summed E-state index contributed by atoms with van der Waals surface area (Å²) in [4.78, 5) is 39.8. The van der Waals surface area contributed by atoms with E-state index in [1.807, 2.05) is 24.3 Å². The molecule has 6 nitrogen and oxygen atoms in total. The second-order valence-electron chi connectivity index (χ2n) is 7.92. The molecule has 148 valence electrons. The number of carbonyl (C=O) groups is 3. The average Bonchev–Trinajstić information content (AvgIpc) is 3.36. The summed E-state index contributed by atoms with van der Waals surface area (Å²) in [6.45, 7) is 1.45. The number of benzene rings is 1. The topological polar surface area (TPSA) is 71.4 Å². The van der Waals surface area contributed by atoms with Gasteiger partial charge in [-0.1, -0.05) is 31.0 Å². The highest BCUT2D eigenvalue weighted by Crippen LogP contribution is 2.23. The Hall–Kier alpha value is -2.63. The number of rotatable bonds is 5. The third-order valence-electron chi connectivity index (χ3n) is 5.90. The van der Waals surface area contributed by atoms with Gasteiger partial charge in [-0.3, -0.25) is 14.4 Å². The molecule has 0 atom stereocenters. The molecule has 1 aromatic carbocycles. The molecule has 2 aliphatic rings. The van der Waals surface area contributed by atoms with E-state index in [-0.39, 0.29) is 18.5 Å². The fourth-order valence-electron chi connectivity index (χ4n) is 4.41. The molecule has 0 radical (unpaired) electrons. The molecule has 1 aliphatic heterocycles. The van der Waals surface area contributed by atoms with Gasteiger partial charge in [-0.05, 0) is 38.2 Å². The summed E-state index contributed by atoms with van der Waals surface area (Å²) in [5, 5.41) is 3.81. The number of fused-ring (bicyclic) bond motifs is 1. The Balaban J connectivity index is 1.56. The van der Waals surface area contributed by atoms with Gasteiger partial charge in [0.15, 0.2) is 0 Å². The van der Waals surface area contributed by atoms with Crippen molar-refractivity contribution in [1.82, 2.24) is 14.8 Å². The normalized spacial score (nSPS) is 17.8. The molecule has 2 heterocycles. The van der Waals surface area contributed by atoms with Crippen molar-refractivity contribution in [2.45, 2.75) is 57.5 Å². The first-order chi connectivity index (χ1) is 13.6. The van der Waals surface area contributed by atoms with Gasteiger partial charge < -0.3 is 14.8 Å². The minimum Gasteiger partial charge on any atom is -0.352 e. The second-order valence-corrected chi connectivity index (χ2v) is 7.92. The number of hydrogen-bond acceptors (Lipinski definition) is 3. The van der Waals surface area contributed by atoms with Crippen LogP contribution in [0, 0.1) is 0 Å². The Morgan fingerprint density at radius 1 is 0.964 bits per heavy atom. The van der Waals surface area contributed by atoms with E-state index >= 15 is 0 Å². The van der Waals surface area contributed by atoms with E-state index in [0.717, 1.165) is 55.8 Å². The fraction of sp³-hybridized carbons (Fsp3) is 0.500. The number of para-hydroxylation sites is 1. The van der Waals surface area contributed by atoms with Gasteiger partial charge in [-0.15, -0.1) is 0 Å². The van der Waals surface area contributed by atoms with Crippen LogP contribution in [0.4, 0.5) is 0 Å². The second kappa shape index (κ2) is 8.17. The van der Waals surface area contributed by atoms with Gasteiger partial charge >= 0.3 is 0 Å². The van der Waals surface area contributed by atoms with Crippen LogP contribution in [0.25, 0.3) is 10.9 Å². The molecule has 2 amide bonds. The van der Waals surface area contributed by atoms with Crippen LogP contribution in [-0.4, -0.2) is 46.2 Å². The van der Waals surface area contributed by atoms with Gasteiger partial charge in [0.05, 0.1) is 5.56 Å². The molecule has 28 heavy (non-hydrogen) atoms. The standard InChI is InChI=1S/C22H27N3O3/c26-20(23-16-8-2-3-9-16)15-25-14-18(17-10-4-5-11-19(17)25)21(27)22(28)24-12-6-1-7-13-24/h4-5,10-11,14,16H,1-3,6-9,12-13,15H2,(H,23,26). The Kier molecular flexibility index (Phi) is 5.46. The van der Waals surface area contributed by atoms with Gasteiger partial charge in [0.25, 0.3) is 11.7 Å². The number of hydrogen-bond donors (Lipinski definition) is 1. The van der Waals surface area contributed by atoms with Crippen molar-refractivity contribution < 1.29 is 14.4 Å². The first-order valence-electron chi connectivity index (χ1n) is 10.3. The Bertz CT molecular complexity index is 890. The van der Waals surface area contributed by atoms with Gasteiger partial charge in [0.2, 0.25) is 5.91 Å². The number of nitrogens with one attached hydrogen (secondary N) is 1. The van der Waals surface area contributed by atoms with Gasteiger partial charge in [0.1, 0.15) is 6.54 Å². The van der Waals surface area contributed by atoms with Crippen LogP contribution in [0.1, 0.15) is 55.3 Å². The molecule has 6 heteroatoms. The van der Waals surface area contributed by atoms with Crippen molar-refractivity contribution in [3.63, 3.8) is 0 Å². The van der Waals surface area contributed by atoms with Crippen molar-refractivity contribution >= 4 is 28.5 Å². The maximum atomic E-state index is 12.9. The van der Waals surface area contributed by atoms with E-state index in [0.29, 0.717) is 18.7 Å². The lowest BCUT2D eigenvalue weighted by Gasteiger charge is -2.25. The molecule has 4 rings (SSSR count). The van der Waals surface area contributed by atoms with Crippen molar-refractivity contribution in [3.05, 3.63) is 36.0 Å². The number of carbonyl (C=O) groups excluding carboxylic acids is 3. The zero-order valence-electron chi connectivity index (χ0n) is 16.2. The zero-order chi connectivity index (χ0) is 19.5. The highest BCUT2D eigenvalue weighted by Gasteiger charge is 2.27. The summed E-state index contributed by atoms with van der Waals surface area (Å²) in [7, 11) is 0. The molecular weight excluding hydrogens is 354 g/mol. The number of piperidine rings is 1. The molecule has 0 unspecified atom stereocenters. The van der Waals surface area contributed by atoms with Gasteiger partial charge in [-0.2, -0.15) is 0 Å². The van der Waals surface area contributed by atoms with E-state index in [1.165, 1.54) is 0 Å². The van der Waals surface area contributed by atoms with Gasteiger partial charge in [-0.25, -0.2) is 0 Å². The molecule has 2 aromatic rings. The fourth-order valence-corrected chi connectivity index (χ4v) is 4.41.